The first-order valence-corrected chi connectivity index (χ1v) is 9.47. The summed E-state index contributed by atoms with van der Waals surface area (Å²) in [6.07, 6.45) is 1.34. The summed E-state index contributed by atoms with van der Waals surface area (Å²) >= 11 is 6.13. The lowest BCUT2D eigenvalue weighted by Gasteiger charge is -2.09. The second-order valence-corrected chi connectivity index (χ2v) is 7.15. The third-order valence-corrected chi connectivity index (χ3v) is 4.87. The number of carbonyl (C=O) groups excluding carboxylic acids is 1. The van der Waals surface area contributed by atoms with Gasteiger partial charge in [-0.2, -0.15) is 0 Å². The minimum atomic E-state index is -0.401. The van der Waals surface area contributed by atoms with Gasteiger partial charge in [0, 0.05) is 18.5 Å². The maximum Gasteiger partial charge on any atom is 0.266 e. The highest BCUT2D eigenvalue weighted by Crippen LogP contribution is 2.25. The van der Waals surface area contributed by atoms with Crippen molar-refractivity contribution in [2.45, 2.75) is 19.9 Å². The first kappa shape index (κ1) is 19.8. The van der Waals surface area contributed by atoms with Crippen molar-refractivity contribution < 1.29 is 13.7 Å². The Morgan fingerprint density at radius 2 is 2.00 bits per heavy atom. The number of nitrogens with one attached hydrogen (secondary N) is 1. The highest BCUT2D eigenvalue weighted by atomic mass is 35.5. The minimum absolute atomic E-state index is 0.0362. The molecule has 2 aromatic carbocycles. The molecule has 0 fully saturated rings. The maximum atomic E-state index is 13.2. The van der Waals surface area contributed by atoms with Gasteiger partial charge in [-0.1, -0.05) is 22.8 Å². The molecule has 0 atom stereocenters. The Balaban J connectivity index is 1.55. The van der Waals surface area contributed by atoms with E-state index in [-0.39, 0.29) is 35.7 Å². The number of amides is 1. The minimum Gasteiger partial charge on any atom is -0.335 e. The van der Waals surface area contributed by atoms with Crippen molar-refractivity contribution in [3.05, 3.63) is 75.5 Å². The third kappa shape index (κ3) is 3.95. The Kier molecular flexibility index (Phi) is 5.33. The number of hydrogen-bond donors (Lipinski definition) is 1. The number of aryl methyl sites for hydroxylation is 2. The molecule has 0 spiro atoms. The molecule has 0 bridgehead atoms. The predicted molar refractivity (Wildman–Crippen MR) is 111 cm³/mol. The van der Waals surface area contributed by atoms with Crippen molar-refractivity contribution in [1.82, 2.24) is 14.7 Å². The van der Waals surface area contributed by atoms with Gasteiger partial charge in [0.05, 0.1) is 10.7 Å². The number of halogens is 2. The molecule has 9 heteroatoms. The maximum absolute atomic E-state index is 13.2. The van der Waals surface area contributed by atoms with E-state index in [1.165, 1.54) is 35.2 Å². The topological polar surface area (TPSA) is 90.0 Å². The number of anilines is 1. The van der Waals surface area contributed by atoms with Crippen LogP contribution in [0.1, 0.15) is 12.0 Å². The fraction of sp³-hybridized carbons (Fsp3) is 0.143. The fourth-order valence-corrected chi connectivity index (χ4v) is 3.28. The van der Waals surface area contributed by atoms with Crippen LogP contribution in [0, 0.1) is 12.7 Å². The number of hydrogen-bond acceptors (Lipinski definition) is 5. The van der Waals surface area contributed by atoms with Crippen molar-refractivity contribution in [3.63, 3.8) is 0 Å². The highest BCUT2D eigenvalue weighted by Gasteiger charge is 2.17. The number of benzene rings is 2. The Morgan fingerprint density at radius 3 is 2.73 bits per heavy atom. The Hall–Kier alpha value is -3.52. The molecule has 0 unspecified atom stereocenters. The van der Waals surface area contributed by atoms with Gasteiger partial charge in [0.1, 0.15) is 23.2 Å². The zero-order chi connectivity index (χ0) is 21.3. The largest absolute Gasteiger partial charge is 0.335 e. The molecular weight excluding hydrogens is 411 g/mol. The van der Waals surface area contributed by atoms with Crippen molar-refractivity contribution in [2.75, 3.05) is 5.32 Å². The zero-order valence-corrected chi connectivity index (χ0v) is 16.6. The van der Waals surface area contributed by atoms with Crippen LogP contribution < -0.4 is 10.9 Å². The van der Waals surface area contributed by atoms with E-state index >= 15 is 0 Å². The smallest absolute Gasteiger partial charge is 0.266 e. The molecule has 4 aromatic rings. The van der Waals surface area contributed by atoms with Crippen LogP contribution in [0.4, 0.5) is 10.1 Å². The summed E-state index contributed by atoms with van der Waals surface area (Å²) in [6.45, 7) is 2.00. The van der Waals surface area contributed by atoms with Gasteiger partial charge in [-0.3, -0.25) is 14.2 Å². The lowest BCUT2D eigenvalue weighted by Crippen LogP contribution is -2.23. The van der Waals surface area contributed by atoms with Crippen LogP contribution in [-0.4, -0.2) is 20.6 Å². The highest BCUT2D eigenvalue weighted by molar-refractivity contribution is 6.33. The number of fused-ring (bicyclic) bond motifs is 1. The SMILES string of the molecule is Cc1ccc(NC(=O)CCn2cnc3onc(-c4ccc(F)cc4)c3c2=O)c(Cl)c1. The Bertz CT molecular complexity index is 1300. The second-order valence-electron chi connectivity index (χ2n) is 6.74. The standard InChI is InChI=1S/C21H16ClFN4O3/c1-12-2-7-16(15(22)10-12)25-17(28)8-9-27-11-24-20-18(21(27)29)19(26-30-20)13-3-5-14(23)6-4-13/h2-7,10-11H,8-9H2,1H3,(H,25,28). The molecule has 1 amide bonds. The average molecular weight is 427 g/mol. The van der Waals surface area contributed by atoms with Gasteiger partial charge in [-0.25, -0.2) is 9.37 Å². The first-order chi connectivity index (χ1) is 14.4. The monoisotopic (exact) mass is 426 g/mol. The molecule has 0 aliphatic heterocycles. The van der Waals surface area contributed by atoms with E-state index in [0.717, 1.165) is 5.56 Å². The number of carbonyl (C=O) groups is 1. The zero-order valence-electron chi connectivity index (χ0n) is 15.9. The van der Waals surface area contributed by atoms with Gasteiger partial charge < -0.3 is 9.84 Å². The average Bonchev–Trinajstić information content (AvgIpc) is 3.15. The van der Waals surface area contributed by atoms with Gasteiger partial charge in [-0.05, 0) is 48.9 Å². The molecule has 0 radical (unpaired) electrons. The summed E-state index contributed by atoms with van der Waals surface area (Å²) in [4.78, 5) is 29.3. The molecule has 2 aromatic heterocycles. The van der Waals surface area contributed by atoms with Gasteiger partial charge in [0.15, 0.2) is 0 Å². The van der Waals surface area contributed by atoms with E-state index in [2.05, 4.69) is 15.5 Å². The normalized spacial score (nSPS) is 11.0. The van der Waals surface area contributed by atoms with Crippen LogP contribution in [0.25, 0.3) is 22.4 Å². The van der Waals surface area contributed by atoms with Crippen molar-refractivity contribution in [3.8, 4) is 11.3 Å². The first-order valence-electron chi connectivity index (χ1n) is 9.09. The molecule has 0 saturated carbocycles. The summed E-state index contributed by atoms with van der Waals surface area (Å²) in [5.41, 5.74) is 1.96. The molecule has 0 aliphatic carbocycles. The summed E-state index contributed by atoms with van der Waals surface area (Å²) in [6, 6.07) is 10.9. The van der Waals surface area contributed by atoms with Crippen molar-refractivity contribution >= 4 is 34.3 Å². The lowest BCUT2D eigenvalue weighted by atomic mass is 10.1. The van der Waals surface area contributed by atoms with Gasteiger partial charge in [-0.15, -0.1) is 0 Å². The van der Waals surface area contributed by atoms with Crippen molar-refractivity contribution in [2.24, 2.45) is 0 Å². The third-order valence-electron chi connectivity index (χ3n) is 4.56. The van der Waals surface area contributed by atoms with Crippen LogP contribution in [-0.2, 0) is 11.3 Å². The summed E-state index contributed by atoms with van der Waals surface area (Å²) in [7, 11) is 0. The van der Waals surface area contributed by atoms with E-state index in [4.69, 9.17) is 16.1 Å². The van der Waals surface area contributed by atoms with Gasteiger partial charge in [0.2, 0.25) is 5.91 Å². The van der Waals surface area contributed by atoms with E-state index < -0.39 is 11.4 Å². The van der Waals surface area contributed by atoms with Gasteiger partial charge in [0.25, 0.3) is 11.3 Å². The molecule has 0 saturated heterocycles. The molecule has 30 heavy (non-hydrogen) atoms. The number of aromatic nitrogens is 3. The molecule has 2 heterocycles. The number of nitrogens with zero attached hydrogens (tertiary/aromatic N) is 3. The molecule has 0 aliphatic rings. The van der Waals surface area contributed by atoms with Crippen LogP contribution in [0.2, 0.25) is 5.02 Å². The fourth-order valence-electron chi connectivity index (χ4n) is 3.00. The van der Waals surface area contributed by atoms with Crippen LogP contribution >= 0.6 is 11.6 Å². The van der Waals surface area contributed by atoms with E-state index in [1.54, 1.807) is 12.1 Å². The van der Waals surface area contributed by atoms with Gasteiger partial charge >= 0.3 is 0 Å². The van der Waals surface area contributed by atoms with E-state index in [0.29, 0.717) is 16.3 Å². The molecule has 4 rings (SSSR count). The second kappa shape index (κ2) is 8.08. The van der Waals surface area contributed by atoms with E-state index in [9.17, 15) is 14.0 Å². The Morgan fingerprint density at radius 1 is 1.23 bits per heavy atom. The predicted octanol–water partition coefficient (Wildman–Crippen LogP) is 4.18. The molecule has 7 nitrogen and oxygen atoms in total. The molecule has 1 N–H and O–H groups in total. The summed E-state index contributed by atoms with van der Waals surface area (Å²) in [5, 5.41) is 7.24. The lowest BCUT2D eigenvalue weighted by molar-refractivity contribution is -0.116. The van der Waals surface area contributed by atoms with Crippen LogP contribution in [0.5, 0.6) is 0 Å². The summed E-state index contributed by atoms with van der Waals surface area (Å²) < 4.78 is 19.6. The quantitative estimate of drug-likeness (QED) is 0.517. The van der Waals surface area contributed by atoms with Crippen LogP contribution in [0.3, 0.4) is 0 Å². The molecular formula is C21H16ClFN4O3. The van der Waals surface area contributed by atoms with Crippen LogP contribution in [0.15, 0.2) is 58.1 Å². The van der Waals surface area contributed by atoms with Crippen molar-refractivity contribution in [1.29, 1.82) is 0 Å². The summed E-state index contributed by atoms with van der Waals surface area (Å²) in [5.74, 6) is -0.696. The van der Waals surface area contributed by atoms with E-state index in [1.807, 2.05) is 13.0 Å². The molecule has 152 valence electrons. The number of rotatable bonds is 5. The Labute approximate surface area is 175 Å².